The lowest BCUT2D eigenvalue weighted by Gasteiger charge is -2.21. The van der Waals surface area contributed by atoms with Crippen LogP contribution in [-0.4, -0.2) is 40.6 Å². The van der Waals surface area contributed by atoms with Gasteiger partial charge in [0.2, 0.25) is 5.75 Å². The molecular formula is C26H22O9. The molecule has 4 aromatic rings. The number of phenols is 4. The lowest BCUT2D eigenvalue weighted by molar-refractivity contribution is -0.140. The van der Waals surface area contributed by atoms with Gasteiger partial charge in [0.1, 0.15) is 16.7 Å². The molecule has 0 saturated carbocycles. The van der Waals surface area contributed by atoms with Gasteiger partial charge in [0.05, 0.1) is 20.6 Å². The Balaban J connectivity index is 2.09. The van der Waals surface area contributed by atoms with Crippen LogP contribution >= 0.6 is 0 Å². The second kappa shape index (κ2) is 9.30. The SMILES string of the molecule is COC(=O)CC(c1ccc(O)c(OC)c1)c1c(O)c(O)c(O)c2c(=O)cc(-c3ccccc3)oc12. The van der Waals surface area contributed by atoms with Crippen LogP contribution in [0.15, 0.2) is 63.8 Å². The largest absolute Gasteiger partial charge is 0.504 e. The number of ether oxygens (including phenoxy) is 2. The molecular weight excluding hydrogens is 456 g/mol. The van der Waals surface area contributed by atoms with Crippen molar-refractivity contribution in [1.29, 1.82) is 0 Å². The van der Waals surface area contributed by atoms with Crippen LogP contribution in [0.5, 0.6) is 28.7 Å². The molecule has 0 fully saturated rings. The van der Waals surface area contributed by atoms with Crippen molar-refractivity contribution >= 4 is 16.9 Å². The molecule has 3 aromatic carbocycles. The van der Waals surface area contributed by atoms with Crippen LogP contribution in [0.2, 0.25) is 0 Å². The van der Waals surface area contributed by atoms with Crippen molar-refractivity contribution in [3.05, 3.63) is 75.9 Å². The maximum Gasteiger partial charge on any atom is 0.306 e. The molecule has 0 spiro atoms. The molecule has 1 heterocycles. The van der Waals surface area contributed by atoms with E-state index in [4.69, 9.17) is 13.9 Å². The Hall–Kier alpha value is -4.66. The first-order chi connectivity index (χ1) is 16.8. The van der Waals surface area contributed by atoms with Gasteiger partial charge in [-0.15, -0.1) is 0 Å². The smallest absolute Gasteiger partial charge is 0.306 e. The van der Waals surface area contributed by atoms with E-state index in [1.807, 2.05) is 0 Å². The fraction of sp³-hybridized carbons (Fsp3) is 0.154. The predicted octanol–water partition coefficient (Wildman–Crippen LogP) is 3.99. The topological polar surface area (TPSA) is 147 Å². The summed E-state index contributed by atoms with van der Waals surface area (Å²) in [5.41, 5.74) is -0.0764. The molecule has 4 N–H and O–H groups in total. The fourth-order valence-electron chi connectivity index (χ4n) is 3.99. The van der Waals surface area contributed by atoms with Gasteiger partial charge < -0.3 is 34.3 Å². The molecule has 1 atom stereocenters. The maximum absolute atomic E-state index is 13.0. The number of benzene rings is 3. The van der Waals surface area contributed by atoms with Crippen LogP contribution in [0.1, 0.15) is 23.5 Å². The molecule has 0 amide bonds. The van der Waals surface area contributed by atoms with E-state index < -0.39 is 34.6 Å². The van der Waals surface area contributed by atoms with Crippen LogP contribution in [-0.2, 0) is 9.53 Å². The molecule has 1 aromatic heterocycles. The van der Waals surface area contributed by atoms with E-state index >= 15 is 0 Å². The van der Waals surface area contributed by atoms with Gasteiger partial charge >= 0.3 is 5.97 Å². The third kappa shape index (κ3) is 4.19. The summed E-state index contributed by atoms with van der Waals surface area (Å²) < 4.78 is 16.0. The quantitative estimate of drug-likeness (QED) is 0.239. The number of methoxy groups -OCH3 is 2. The molecule has 0 aliphatic rings. The summed E-state index contributed by atoms with van der Waals surface area (Å²) in [6.45, 7) is 0. The number of hydrogen-bond donors (Lipinski definition) is 4. The Morgan fingerprint density at radius 1 is 0.943 bits per heavy atom. The molecule has 9 nitrogen and oxygen atoms in total. The summed E-state index contributed by atoms with van der Waals surface area (Å²) in [5, 5.41) is 41.5. The third-order valence-electron chi connectivity index (χ3n) is 5.74. The molecule has 4 rings (SSSR count). The zero-order chi connectivity index (χ0) is 25.3. The van der Waals surface area contributed by atoms with E-state index in [9.17, 15) is 30.0 Å². The van der Waals surface area contributed by atoms with Gasteiger partial charge in [0, 0.05) is 23.1 Å². The lowest BCUT2D eigenvalue weighted by atomic mass is 9.86. The number of rotatable bonds is 6. The number of carbonyl (C=O) groups excluding carboxylic acids is 1. The number of fused-ring (bicyclic) bond motifs is 1. The fourth-order valence-corrected chi connectivity index (χ4v) is 3.99. The van der Waals surface area contributed by atoms with E-state index in [0.29, 0.717) is 11.1 Å². The van der Waals surface area contributed by atoms with Crippen molar-refractivity contribution in [3.8, 4) is 40.1 Å². The number of esters is 1. The van der Waals surface area contributed by atoms with Gasteiger partial charge in [0.15, 0.2) is 28.4 Å². The second-order valence-corrected chi connectivity index (χ2v) is 7.77. The minimum Gasteiger partial charge on any atom is -0.504 e. The van der Waals surface area contributed by atoms with E-state index in [1.165, 1.54) is 32.4 Å². The van der Waals surface area contributed by atoms with Crippen LogP contribution in [0.4, 0.5) is 0 Å². The minimum atomic E-state index is -1.03. The molecule has 9 heteroatoms. The van der Waals surface area contributed by atoms with Crippen LogP contribution in [0.3, 0.4) is 0 Å². The zero-order valence-corrected chi connectivity index (χ0v) is 18.8. The second-order valence-electron chi connectivity index (χ2n) is 7.77. The lowest BCUT2D eigenvalue weighted by Crippen LogP contribution is -2.12. The van der Waals surface area contributed by atoms with Crippen molar-refractivity contribution in [1.82, 2.24) is 0 Å². The Labute approximate surface area is 199 Å². The number of carbonyl (C=O) groups is 1. The number of phenolic OH excluding ortho intramolecular Hbond substituents is 4. The first-order valence-corrected chi connectivity index (χ1v) is 10.5. The minimum absolute atomic E-state index is 0.0931. The van der Waals surface area contributed by atoms with Crippen molar-refractivity contribution in [2.75, 3.05) is 14.2 Å². The highest BCUT2D eigenvalue weighted by atomic mass is 16.5. The third-order valence-corrected chi connectivity index (χ3v) is 5.74. The molecule has 0 aliphatic heterocycles. The standard InChI is InChI=1S/C26H22O9/c1-33-19-10-14(8-9-16(19)27)15(11-20(29)34-2)21-23(30)25(32)24(31)22-17(28)12-18(35-26(21)22)13-6-4-3-5-7-13/h3-10,12,15,27,30-32H,11H2,1-2H3. The zero-order valence-electron chi connectivity index (χ0n) is 18.8. The molecule has 0 bridgehead atoms. The summed E-state index contributed by atoms with van der Waals surface area (Å²) in [5.74, 6) is -4.17. The summed E-state index contributed by atoms with van der Waals surface area (Å²) in [7, 11) is 2.54. The van der Waals surface area contributed by atoms with Gasteiger partial charge in [-0.05, 0) is 17.7 Å². The van der Waals surface area contributed by atoms with E-state index in [1.54, 1.807) is 30.3 Å². The van der Waals surface area contributed by atoms with Crippen LogP contribution in [0.25, 0.3) is 22.3 Å². The van der Waals surface area contributed by atoms with Gasteiger partial charge in [0.25, 0.3) is 0 Å². The highest BCUT2D eigenvalue weighted by molar-refractivity contribution is 5.93. The average molecular weight is 478 g/mol. The van der Waals surface area contributed by atoms with Crippen LogP contribution in [0, 0.1) is 0 Å². The molecule has 35 heavy (non-hydrogen) atoms. The van der Waals surface area contributed by atoms with Crippen molar-refractivity contribution in [2.24, 2.45) is 0 Å². The van der Waals surface area contributed by atoms with E-state index in [-0.39, 0.29) is 40.2 Å². The number of hydrogen-bond acceptors (Lipinski definition) is 9. The van der Waals surface area contributed by atoms with E-state index in [2.05, 4.69) is 0 Å². The first kappa shape index (κ1) is 23.5. The molecule has 1 unspecified atom stereocenters. The van der Waals surface area contributed by atoms with Crippen molar-refractivity contribution < 1.29 is 39.1 Å². The summed E-state index contributed by atoms with van der Waals surface area (Å²) in [6.07, 6.45) is -0.337. The van der Waals surface area contributed by atoms with E-state index in [0.717, 1.165) is 6.07 Å². The Morgan fingerprint density at radius 2 is 1.66 bits per heavy atom. The predicted molar refractivity (Wildman–Crippen MR) is 126 cm³/mol. The monoisotopic (exact) mass is 478 g/mol. The highest BCUT2D eigenvalue weighted by Crippen LogP contribution is 2.50. The average Bonchev–Trinajstić information content (AvgIpc) is 2.87. The van der Waals surface area contributed by atoms with Gasteiger partial charge in [-0.1, -0.05) is 36.4 Å². The number of aromatic hydroxyl groups is 4. The Morgan fingerprint density at radius 3 is 2.31 bits per heavy atom. The molecule has 0 radical (unpaired) electrons. The molecule has 0 saturated heterocycles. The van der Waals surface area contributed by atoms with Crippen molar-refractivity contribution in [3.63, 3.8) is 0 Å². The Kier molecular flexibility index (Phi) is 6.24. The maximum atomic E-state index is 13.0. The molecule has 180 valence electrons. The molecule has 0 aliphatic carbocycles. The highest BCUT2D eigenvalue weighted by Gasteiger charge is 2.31. The first-order valence-electron chi connectivity index (χ1n) is 10.5. The Bertz CT molecular complexity index is 1470. The van der Waals surface area contributed by atoms with Gasteiger partial charge in [-0.3, -0.25) is 9.59 Å². The normalized spacial score (nSPS) is 11.8. The summed E-state index contributed by atoms with van der Waals surface area (Å²) in [4.78, 5) is 25.4. The summed E-state index contributed by atoms with van der Waals surface area (Å²) in [6, 6.07) is 14.1. The summed E-state index contributed by atoms with van der Waals surface area (Å²) >= 11 is 0. The van der Waals surface area contributed by atoms with Gasteiger partial charge in [-0.25, -0.2) is 0 Å². The van der Waals surface area contributed by atoms with Crippen LogP contribution < -0.4 is 10.2 Å². The van der Waals surface area contributed by atoms with Crippen molar-refractivity contribution in [2.45, 2.75) is 12.3 Å². The van der Waals surface area contributed by atoms with Gasteiger partial charge in [-0.2, -0.15) is 0 Å².